The van der Waals surface area contributed by atoms with Gasteiger partial charge in [-0.1, -0.05) is 0 Å². The Morgan fingerprint density at radius 1 is 0.688 bits per heavy atom. The second-order valence-corrected chi connectivity index (χ2v) is 4.85. The second-order valence-electron chi connectivity index (χ2n) is 2.27. The van der Waals surface area contributed by atoms with E-state index in [-0.39, 0.29) is 13.2 Å². The second kappa shape index (κ2) is 7.14. The molecule has 0 rings (SSSR count). The van der Waals surface area contributed by atoms with Crippen molar-refractivity contribution in [3.8, 4) is 0 Å². The van der Waals surface area contributed by atoms with Gasteiger partial charge in [-0.05, 0) is 13.8 Å². The van der Waals surface area contributed by atoms with Gasteiger partial charge < -0.3 is 0 Å². The molecule has 0 bridgehead atoms. The summed E-state index contributed by atoms with van der Waals surface area (Å²) < 4.78 is 60.1. The van der Waals surface area contributed by atoms with Crippen molar-refractivity contribution in [1.82, 2.24) is 0 Å². The van der Waals surface area contributed by atoms with E-state index in [2.05, 4.69) is 16.7 Å². The van der Waals surface area contributed by atoms with E-state index >= 15 is 0 Å². The zero-order chi connectivity index (χ0) is 12.7. The van der Waals surface area contributed by atoms with Crippen molar-refractivity contribution in [2.75, 3.05) is 26.4 Å². The standard InChI is InChI=1S/C6H14O8S2/c1-3-11-15(7,8)13-5-6-14-16(9,10)12-4-2/h3-6H2,1-2H3. The molecule has 8 nitrogen and oxygen atoms in total. The predicted octanol–water partition coefficient (Wildman–Crippen LogP) is -0.418. The normalized spacial score (nSPS) is 12.9. The van der Waals surface area contributed by atoms with E-state index in [1.54, 1.807) is 0 Å². The van der Waals surface area contributed by atoms with Crippen LogP contribution in [0.2, 0.25) is 0 Å². The van der Waals surface area contributed by atoms with Gasteiger partial charge in [0.1, 0.15) is 0 Å². The Morgan fingerprint density at radius 3 is 1.25 bits per heavy atom. The quantitative estimate of drug-likeness (QED) is 0.524. The van der Waals surface area contributed by atoms with Gasteiger partial charge in [0, 0.05) is 0 Å². The van der Waals surface area contributed by atoms with E-state index in [1.165, 1.54) is 13.8 Å². The molecule has 0 saturated heterocycles. The molecule has 0 N–H and O–H groups in total. The summed E-state index contributed by atoms with van der Waals surface area (Å²) in [5.74, 6) is 0. The average Bonchev–Trinajstić information content (AvgIpc) is 2.12. The van der Waals surface area contributed by atoms with Crippen LogP contribution < -0.4 is 0 Å². The van der Waals surface area contributed by atoms with E-state index in [9.17, 15) is 16.8 Å². The van der Waals surface area contributed by atoms with Gasteiger partial charge in [-0.2, -0.15) is 16.8 Å². The van der Waals surface area contributed by atoms with Crippen molar-refractivity contribution >= 4 is 20.8 Å². The SMILES string of the molecule is CCOS(=O)(=O)OCCOS(=O)(=O)OCC. The lowest BCUT2D eigenvalue weighted by molar-refractivity contribution is 0.163. The maximum Gasteiger partial charge on any atom is 0.399 e. The highest BCUT2D eigenvalue weighted by atomic mass is 32.3. The largest absolute Gasteiger partial charge is 0.399 e. The molecule has 10 heteroatoms. The first-order valence-corrected chi connectivity index (χ1v) is 7.07. The summed E-state index contributed by atoms with van der Waals surface area (Å²) in [6.45, 7) is 1.85. The van der Waals surface area contributed by atoms with Crippen molar-refractivity contribution in [2.45, 2.75) is 13.8 Å². The van der Waals surface area contributed by atoms with Gasteiger partial charge in [-0.15, -0.1) is 0 Å². The molecule has 0 heterocycles. The Balaban J connectivity index is 3.85. The fourth-order valence-corrected chi connectivity index (χ4v) is 1.89. The first kappa shape index (κ1) is 15.7. The molecule has 0 aliphatic rings. The predicted molar refractivity (Wildman–Crippen MR) is 53.0 cm³/mol. The Bertz CT molecular complexity index is 331. The molecule has 0 aromatic carbocycles. The molecule has 0 aliphatic carbocycles. The molecular weight excluding hydrogens is 264 g/mol. The van der Waals surface area contributed by atoms with Crippen LogP contribution in [0.25, 0.3) is 0 Å². The lowest BCUT2D eigenvalue weighted by atomic mass is 10.8. The molecule has 0 saturated carbocycles. The fourth-order valence-electron chi connectivity index (χ4n) is 0.629. The molecule has 0 radical (unpaired) electrons. The monoisotopic (exact) mass is 278 g/mol. The highest BCUT2D eigenvalue weighted by molar-refractivity contribution is 7.82. The zero-order valence-electron chi connectivity index (χ0n) is 8.91. The Morgan fingerprint density at radius 2 is 1.00 bits per heavy atom. The van der Waals surface area contributed by atoms with Gasteiger partial charge >= 0.3 is 20.8 Å². The van der Waals surface area contributed by atoms with E-state index in [0.717, 1.165) is 0 Å². The molecule has 0 aromatic heterocycles. The van der Waals surface area contributed by atoms with Gasteiger partial charge in [0.25, 0.3) is 0 Å². The summed E-state index contributed by atoms with van der Waals surface area (Å²) in [6, 6.07) is 0. The maximum atomic E-state index is 10.8. The van der Waals surface area contributed by atoms with Crippen LogP contribution in [-0.2, 0) is 37.5 Å². The number of rotatable bonds is 9. The molecule has 16 heavy (non-hydrogen) atoms. The first-order chi connectivity index (χ1) is 7.33. The van der Waals surface area contributed by atoms with Crippen LogP contribution in [-0.4, -0.2) is 43.3 Å². The van der Waals surface area contributed by atoms with Crippen molar-refractivity contribution in [2.24, 2.45) is 0 Å². The van der Waals surface area contributed by atoms with E-state index < -0.39 is 34.0 Å². The van der Waals surface area contributed by atoms with Crippen LogP contribution in [0.5, 0.6) is 0 Å². The van der Waals surface area contributed by atoms with Crippen LogP contribution in [0.1, 0.15) is 13.8 Å². The van der Waals surface area contributed by atoms with Crippen LogP contribution in [0.15, 0.2) is 0 Å². The number of hydrogen-bond donors (Lipinski definition) is 0. The Hall–Kier alpha value is -0.260. The summed E-state index contributed by atoms with van der Waals surface area (Å²) in [4.78, 5) is 0. The molecule has 0 aliphatic heterocycles. The zero-order valence-corrected chi connectivity index (χ0v) is 10.5. The highest BCUT2D eigenvalue weighted by Crippen LogP contribution is 1.98. The van der Waals surface area contributed by atoms with Crippen LogP contribution in [0, 0.1) is 0 Å². The fraction of sp³-hybridized carbons (Fsp3) is 1.00. The van der Waals surface area contributed by atoms with Gasteiger partial charge in [0.15, 0.2) is 0 Å². The van der Waals surface area contributed by atoms with Crippen molar-refractivity contribution in [1.29, 1.82) is 0 Å². The van der Waals surface area contributed by atoms with Gasteiger partial charge in [0.05, 0.1) is 26.4 Å². The third-order valence-corrected chi connectivity index (χ3v) is 3.02. The molecule has 0 amide bonds. The smallest absolute Gasteiger partial charge is 0.248 e. The molecule has 0 atom stereocenters. The Kier molecular flexibility index (Phi) is 7.03. The topological polar surface area (TPSA) is 105 Å². The Labute approximate surface area is 95.1 Å². The summed E-state index contributed by atoms with van der Waals surface area (Å²) in [7, 11) is -8.15. The third-order valence-electron chi connectivity index (χ3n) is 1.06. The molecule has 0 unspecified atom stereocenters. The van der Waals surface area contributed by atoms with Crippen LogP contribution in [0.4, 0.5) is 0 Å². The van der Waals surface area contributed by atoms with Gasteiger partial charge in [-0.3, -0.25) is 0 Å². The van der Waals surface area contributed by atoms with E-state index in [0.29, 0.717) is 0 Å². The summed E-state index contributed by atoms with van der Waals surface area (Å²) in [5, 5.41) is 0. The van der Waals surface area contributed by atoms with Crippen LogP contribution >= 0.6 is 0 Å². The minimum absolute atomic E-state index is 0.0690. The highest BCUT2D eigenvalue weighted by Gasteiger charge is 2.13. The first-order valence-electron chi connectivity index (χ1n) is 4.40. The van der Waals surface area contributed by atoms with Crippen molar-refractivity contribution < 1.29 is 33.6 Å². The van der Waals surface area contributed by atoms with Crippen molar-refractivity contribution in [3.63, 3.8) is 0 Å². The molecule has 98 valence electrons. The molecule has 0 spiro atoms. The summed E-state index contributed by atoms with van der Waals surface area (Å²) in [5.41, 5.74) is 0. The van der Waals surface area contributed by atoms with E-state index in [1.807, 2.05) is 0 Å². The summed E-state index contributed by atoms with van der Waals surface area (Å²) >= 11 is 0. The molecule has 0 aromatic rings. The lowest BCUT2D eigenvalue weighted by Gasteiger charge is -2.05. The minimum Gasteiger partial charge on any atom is -0.248 e. The summed E-state index contributed by atoms with van der Waals surface area (Å²) in [6.07, 6.45) is 0. The lowest BCUT2D eigenvalue weighted by Crippen LogP contribution is -2.17. The molecular formula is C6H14O8S2. The third kappa shape index (κ3) is 7.96. The number of hydrogen-bond acceptors (Lipinski definition) is 8. The van der Waals surface area contributed by atoms with Crippen LogP contribution in [0.3, 0.4) is 0 Å². The van der Waals surface area contributed by atoms with E-state index in [4.69, 9.17) is 0 Å². The van der Waals surface area contributed by atoms with Gasteiger partial charge in [0.2, 0.25) is 0 Å². The maximum absolute atomic E-state index is 10.8. The molecule has 0 fully saturated rings. The average molecular weight is 278 g/mol. The van der Waals surface area contributed by atoms with Crippen molar-refractivity contribution in [3.05, 3.63) is 0 Å². The minimum atomic E-state index is -4.08. The van der Waals surface area contributed by atoms with Gasteiger partial charge in [-0.25, -0.2) is 16.7 Å².